The summed E-state index contributed by atoms with van der Waals surface area (Å²) in [5.41, 5.74) is 0. The summed E-state index contributed by atoms with van der Waals surface area (Å²) in [5, 5.41) is 18.3. The van der Waals surface area contributed by atoms with E-state index >= 15 is 0 Å². The summed E-state index contributed by atoms with van der Waals surface area (Å²) in [7, 11) is -4.61. The number of phosphoric ester groups is 1. The number of aliphatic hydroxyl groups is 2. The van der Waals surface area contributed by atoms with Crippen molar-refractivity contribution in [3.05, 3.63) is 12.2 Å². The van der Waals surface area contributed by atoms with Crippen molar-refractivity contribution < 1.29 is 47.8 Å². The minimum absolute atomic E-state index is 0.183. The first-order valence-electron chi connectivity index (χ1n) is 20.6. The second-order valence-corrected chi connectivity index (χ2v) is 15.5. The molecule has 0 radical (unpaired) electrons. The van der Waals surface area contributed by atoms with Gasteiger partial charge in [0, 0.05) is 12.8 Å². The van der Waals surface area contributed by atoms with E-state index < -0.39 is 51.8 Å². The van der Waals surface area contributed by atoms with Gasteiger partial charge >= 0.3 is 19.8 Å². The van der Waals surface area contributed by atoms with Crippen LogP contribution < -0.4 is 0 Å². The number of aliphatic hydroxyl groups excluding tert-OH is 2. The molecule has 0 aliphatic carbocycles. The molecule has 0 aliphatic heterocycles. The first-order chi connectivity index (χ1) is 24.7. The number of carbonyl (C=O) groups excluding carboxylic acids is 2. The molecule has 0 saturated heterocycles. The van der Waals surface area contributed by atoms with Crippen molar-refractivity contribution in [1.29, 1.82) is 0 Å². The summed E-state index contributed by atoms with van der Waals surface area (Å²) in [5.74, 6) is -0.924. The number of carbonyl (C=O) groups is 2. The van der Waals surface area contributed by atoms with Crippen LogP contribution in [0.1, 0.15) is 194 Å². The minimum Gasteiger partial charge on any atom is -0.462 e. The van der Waals surface area contributed by atoms with Gasteiger partial charge < -0.3 is 24.6 Å². The van der Waals surface area contributed by atoms with E-state index in [1.54, 1.807) is 0 Å². The molecule has 0 amide bonds. The van der Waals surface area contributed by atoms with E-state index in [9.17, 15) is 24.2 Å². The molecule has 3 atom stereocenters. The predicted octanol–water partition coefficient (Wildman–Crippen LogP) is 10.4. The normalized spacial score (nSPS) is 14.1. The molecule has 0 spiro atoms. The van der Waals surface area contributed by atoms with Gasteiger partial charge in [0.2, 0.25) is 0 Å². The molecule has 0 bridgehead atoms. The fourth-order valence-electron chi connectivity index (χ4n) is 5.69. The summed E-state index contributed by atoms with van der Waals surface area (Å²) in [6.45, 7) is 2.37. The Morgan fingerprint density at radius 2 is 0.961 bits per heavy atom. The van der Waals surface area contributed by atoms with E-state index in [4.69, 9.17) is 19.1 Å². The van der Waals surface area contributed by atoms with E-state index in [1.807, 2.05) is 0 Å². The number of hydrogen-bond donors (Lipinski definition) is 3. The highest BCUT2D eigenvalue weighted by Crippen LogP contribution is 2.43. The Morgan fingerprint density at radius 1 is 0.569 bits per heavy atom. The lowest BCUT2D eigenvalue weighted by Crippen LogP contribution is -2.29. The zero-order chi connectivity index (χ0) is 37.7. The number of esters is 2. The molecule has 3 N–H and O–H groups in total. The highest BCUT2D eigenvalue weighted by Gasteiger charge is 2.27. The maximum atomic E-state index is 12.6. The predicted molar refractivity (Wildman–Crippen MR) is 205 cm³/mol. The number of rotatable bonds is 39. The second kappa shape index (κ2) is 37.0. The van der Waals surface area contributed by atoms with E-state index in [1.165, 1.54) is 109 Å². The number of phosphoric acid groups is 1. The first-order valence-corrected chi connectivity index (χ1v) is 22.1. The Bertz CT molecular complexity index is 868. The van der Waals surface area contributed by atoms with E-state index in [-0.39, 0.29) is 19.4 Å². The van der Waals surface area contributed by atoms with Gasteiger partial charge in [-0.3, -0.25) is 18.6 Å². The largest absolute Gasteiger partial charge is 0.472 e. The monoisotopic (exact) mass is 749 g/mol. The fourth-order valence-corrected chi connectivity index (χ4v) is 6.48. The lowest BCUT2D eigenvalue weighted by Gasteiger charge is -2.20. The Labute approximate surface area is 311 Å². The molecule has 0 aromatic rings. The number of allylic oxidation sites excluding steroid dienone is 2. The van der Waals surface area contributed by atoms with Gasteiger partial charge in [0.05, 0.1) is 19.8 Å². The Balaban J connectivity index is 4.27. The molecule has 0 saturated carbocycles. The van der Waals surface area contributed by atoms with Crippen molar-refractivity contribution in [2.75, 3.05) is 26.4 Å². The summed E-state index contributed by atoms with van der Waals surface area (Å²) in [6.07, 6.45) is 33.2. The van der Waals surface area contributed by atoms with Crippen LogP contribution in [-0.4, -0.2) is 65.7 Å². The Hall–Kier alpha value is -1.29. The lowest BCUT2D eigenvalue weighted by molar-refractivity contribution is -0.161. The molecule has 0 aliphatic rings. The standard InChI is InChI=1S/C40H77O10P/c1-3-5-7-9-11-13-15-16-17-18-19-20-21-22-24-26-28-30-32-40(44)50-38(36-49-51(45,46)48-34-37(42)33-41)35-47-39(43)31-29-27-25-23-14-12-10-8-6-4-2/h17-18,37-38,41-42H,3-16,19-36H2,1-2H3,(H,45,46)/b18-17-. The summed E-state index contributed by atoms with van der Waals surface area (Å²) < 4.78 is 32.6. The van der Waals surface area contributed by atoms with E-state index in [2.05, 4.69) is 30.5 Å². The molecular weight excluding hydrogens is 671 g/mol. The smallest absolute Gasteiger partial charge is 0.462 e. The number of ether oxygens (including phenoxy) is 2. The zero-order valence-electron chi connectivity index (χ0n) is 32.6. The minimum atomic E-state index is -4.61. The van der Waals surface area contributed by atoms with Gasteiger partial charge in [0.15, 0.2) is 6.10 Å². The summed E-state index contributed by atoms with van der Waals surface area (Å²) >= 11 is 0. The van der Waals surface area contributed by atoms with Crippen molar-refractivity contribution >= 4 is 19.8 Å². The molecule has 0 aromatic heterocycles. The highest BCUT2D eigenvalue weighted by atomic mass is 31.2. The van der Waals surface area contributed by atoms with Gasteiger partial charge in [0.25, 0.3) is 0 Å². The van der Waals surface area contributed by atoms with E-state index in [0.717, 1.165) is 44.9 Å². The highest BCUT2D eigenvalue weighted by molar-refractivity contribution is 7.47. The van der Waals surface area contributed by atoms with Crippen LogP contribution in [0.4, 0.5) is 0 Å². The second-order valence-electron chi connectivity index (χ2n) is 14.0. The van der Waals surface area contributed by atoms with Gasteiger partial charge in [-0.15, -0.1) is 0 Å². The third-order valence-electron chi connectivity index (χ3n) is 8.92. The molecule has 0 fully saturated rings. The molecule has 3 unspecified atom stereocenters. The maximum absolute atomic E-state index is 12.6. The lowest BCUT2D eigenvalue weighted by atomic mass is 10.1. The topological polar surface area (TPSA) is 149 Å². The van der Waals surface area contributed by atoms with Crippen LogP contribution in [0.5, 0.6) is 0 Å². The van der Waals surface area contributed by atoms with Crippen molar-refractivity contribution in [3.8, 4) is 0 Å². The van der Waals surface area contributed by atoms with Crippen molar-refractivity contribution in [2.45, 2.75) is 206 Å². The Morgan fingerprint density at radius 3 is 1.41 bits per heavy atom. The molecule has 11 heteroatoms. The van der Waals surface area contributed by atoms with Crippen molar-refractivity contribution in [1.82, 2.24) is 0 Å². The number of unbranched alkanes of at least 4 members (excludes halogenated alkanes) is 23. The van der Waals surface area contributed by atoms with Crippen LogP contribution in [0.25, 0.3) is 0 Å². The van der Waals surface area contributed by atoms with Crippen LogP contribution in [0.2, 0.25) is 0 Å². The van der Waals surface area contributed by atoms with Crippen LogP contribution in [0.3, 0.4) is 0 Å². The van der Waals surface area contributed by atoms with Gasteiger partial charge in [-0.1, -0.05) is 154 Å². The zero-order valence-corrected chi connectivity index (χ0v) is 33.5. The number of hydrogen-bond acceptors (Lipinski definition) is 9. The van der Waals surface area contributed by atoms with Gasteiger partial charge in [-0.2, -0.15) is 0 Å². The SMILES string of the molecule is CCCCCCCCC/C=C\CCCCCCCCCC(=O)OC(COC(=O)CCCCCCCCCCCC)COP(=O)(O)OCC(O)CO. The average Bonchev–Trinajstić information content (AvgIpc) is 3.12. The van der Waals surface area contributed by atoms with Crippen LogP contribution in [0.15, 0.2) is 12.2 Å². The molecule has 302 valence electrons. The van der Waals surface area contributed by atoms with Crippen LogP contribution in [-0.2, 0) is 32.7 Å². The Kier molecular flexibility index (Phi) is 36.1. The molecule has 0 aromatic carbocycles. The van der Waals surface area contributed by atoms with Gasteiger partial charge in [-0.25, -0.2) is 4.57 Å². The van der Waals surface area contributed by atoms with Crippen LogP contribution in [0, 0.1) is 0 Å². The molecule has 0 heterocycles. The van der Waals surface area contributed by atoms with Gasteiger partial charge in [0.1, 0.15) is 12.7 Å². The quantitative estimate of drug-likeness (QED) is 0.0240. The molecule has 10 nitrogen and oxygen atoms in total. The van der Waals surface area contributed by atoms with Crippen molar-refractivity contribution in [2.24, 2.45) is 0 Å². The summed E-state index contributed by atoms with van der Waals surface area (Å²) in [6, 6.07) is 0. The maximum Gasteiger partial charge on any atom is 0.472 e. The summed E-state index contributed by atoms with van der Waals surface area (Å²) in [4.78, 5) is 34.8. The molecule has 51 heavy (non-hydrogen) atoms. The van der Waals surface area contributed by atoms with Gasteiger partial charge in [-0.05, 0) is 38.5 Å². The first kappa shape index (κ1) is 49.7. The fraction of sp³-hybridized carbons (Fsp3) is 0.900. The average molecular weight is 749 g/mol. The van der Waals surface area contributed by atoms with E-state index in [0.29, 0.717) is 12.8 Å². The molecule has 0 rings (SSSR count). The van der Waals surface area contributed by atoms with Crippen LogP contribution >= 0.6 is 7.82 Å². The van der Waals surface area contributed by atoms with Crippen molar-refractivity contribution in [3.63, 3.8) is 0 Å². The third-order valence-corrected chi connectivity index (χ3v) is 9.87. The molecular formula is C40H77O10P. The third kappa shape index (κ3) is 36.8.